The molecule has 2 aromatic heterocycles. The molecule has 7 nitrogen and oxygen atoms in total. The average Bonchev–Trinajstić information content (AvgIpc) is 3.28. The van der Waals surface area contributed by atoms with E-state index in [4.69, 9.17) is 9.15 Å². The second kappa shape index (κ2) is 9.18. The minimum atomic E-state index is -0.477. The first kappa shape index (κ1) is 22.9. The number of amides is 1. The van der Waals surface area contributed by atoms with Crippen molar-refractivity contribution in [3.8, 4) is 0 Å². The van der Waals surface area contributed by atoms with Gasteiger partial charge in [-0.2, -0.15) is 0 Å². The first-order valence-corrected chi connectivity index (χ1v) is 12.1. The van der Waals surface area contributed by atoms with Gasteiger partial charge in [-0.1, -0.05) is 32.1 Å². The zero-order valence-electron chi connectivity index (χ0n) is 18.7. The van der Waals surface area contributed by atoms with E-state index >= 15 is 0 Å². The summed E-state index contributed by atoms with van der Waals surface area (Å²) in [6.45, 7) is 13.4. The number of oxazole rings is 1. The van der Waals surface area contributed by atoms with E-state index in [1.807, 2.05) is 33.2 Å². The summed E-state index contributed by atoms with van der Waals surface area (Å²) in [5.74, 6) is 2.30. The third kappa shape index (κ3) is 6.63. The lowest BCUT2D eigenvalue weighted by Gasteiger charge is -2.34. The van der Waals surface area contributed by atoms with Gasteiger partial charge in [0.1, 0.15) is 11.4 Å². The minimum absolute atomic E-state index is 0.0370. The molecule has 3 heterocycles. The molecule has 2 aromatic rings. The van der Waals surface area contributed by atoms with E-state index in [0.29, 0.717) is 12.3 Å². The normalized spacial score (nSPS) is 17.8. The number of likely N-dealkylation sites (tertiary alicyclic amines) is 1. The molecule has 0 bridgehead atoms. The van der Waals surface area contributed by atoms with E-state index in [1.54, 1.807) is 28.0 Å². The van der Waals surface area contributed by atoms with Gasteiger partial charge in [-0.15, -0.1) is 11.8 Å². The van der Waals surface area contributed by atoms with Crippen LogP contribution in [0, 0.1) is 0 Å². The lowest BCUT2D eigenvalue weighted by Crippen LogP contribution is -2.46. The van der Waals surface area contributed by atoms with E-state index in [-0.39, 0.29) is 17.6 Å². The van der Waals surface area contributed by atoms with Gasteiger partial charge < -0.3 is 19.4 Å². The van der Waals surface area contributed by atoms with E-state index in [0.717, 1.165) is 40.4 Å². The highest BCUT2D eigenvalue weighted by Crippen LogP contribution is 2.32. The van der Waals surface area contributed by atoms with Crippen LogP contribution in [0.25, 0.3) is 0 Å². The molecule has 166 valence electrons. The third-order valence-electron chi connectivity index (χ3n) is 4.52. The molecule has 1 N–H and O–H groups in total. The summed E-state index contributed by atoms with van der Waals surface area (Å²) in [4.78, 5) is 23.0. The maximum atomic E-state index is 12.3. The summed E-state index contributed by atoms with van der Waals surface area (Å²) >= 11 is 3.28. The molecule has 1 atom stereocenters. The smallest absolute Gasteiger partial charge is 0.410 e. The Morgan fingerprint density at radius 3 is 2.73 bits per heavy atom. The second-order valence-corrected chi connectivity index (χ2v) is 11.9. The number of rotatable bonds is 5. The Hall–Kier alpha value is -1.74. The molecular weight excluding hydrogens is 420 g/mol. The van der Waals surface area contributed by atoms with Crippen LogP contribution in [0.2, 0.25) is 0 Å². The molecule has 1 fully saturated rings. The van der Waals surface area contributed by atoms with E-state index in [2.05, 4.69) is 36.1 Å². The van der Waals surface area contributed by atoms with Crippen molar-refractivity contribution < 1.29 is 13.9 Å². The summed E-state index contributed by atoms with van der Waals surface area (Å²) in [5.41, 5.74) is -0.514. The summed E-state index contributed by atoms with van der Waals surface area (Å²) in [5, 5.41) is 4.35. The van der Waals surface area contributed by atoms with Crippen LogP contribution in [-0.2, 0) is 15.9 Å². The van der Waals surface area contributed by atoms with Crippen molar-refractivity contribution in [2.75, 3.05) is 18.4 Å². The molecule has 1 amide bonds. The standard InChI is InChI=1S/C21H32N4O3S2/c1-20(2,3)15-10-22-16(27-15)13-29-17-11-23-18(30-17)24-14-8-7-9-25(12-14)19(26)28-21(4,5)6/h10-11,14H,7-9,12-13H2,1-6H3,(H,23,24)/t14-/m1/s1. The number of anilines is 1. The van der Waals surface area contributed by atoms with Crippen molar-refractivity contribution in [3.63, 3.8) is 0 Å². The largest absolute Gasteiger partial charge is 0.444 e. The van der Waals surface area contributed by atoms with Gasteiger partial charge >= 0.3 is 6.09 Å². The monoisotopic (exact) mass is 452 g/mol. The van der Waals surface area contributed by atoms with Crippen LogP contribution in [0.3, 0.4) is 0 Å². The SMILES string of the molecule is CC(C)(C)OC(=O)N1CCC[C@@H](Nc2ncc(SCc3ncc(C(C)(C)C)o3)s2)C1. The van der Waals surface area contributed by atoms with E-state index in [9.17, 15) is 4.79 Å². The number of hydrogen-bond donors (Lipinski definition) is 1. The van der Waals surface area contributed by atoms with Gasteiger partial charge in [-0.25, -0.2) is 14.8 Å². The first-order chi connectivity index (χ1) is 14.0. The summed E-state index contributed by atoms with van der Waals surface area (Å²) in [6, 6.07) is 0.177. The molecule has 0 aromatic carbocycles. The molecule has 0 spiro atoms. The molecular formula is C21H32N4O3S2. The number of nitrogens with zero attached hydrogens (tertiary/aromatic N) is 3. The highest BCUT2D eigenvalue weighted by Gasteiger charge is 2.28. The quantitative estimate of drug-likeness (QED) is 0.597. The van der Waals surface area contributed by atoms with Crippen molar-refractivity contribution in [2.45, 2.75) is 81.4 Å². The number of thioether (sulfide) groups is 1. The molecule has 1 saturated heterocycles. The van der Waals surface area contributed by atoms with Crippen LogP contribution >= 0.6 is 23.1 Å². The predicted octanol–water partition coefficient (Wildman–Crippen LogP) is 5.53. The highest BCUT2D eigenvalue weighted by atomic mass is 32.2. The molecule has 0 saturated carbocycles. The fourth-order valence-corrected chi connectivity index (χ4v) is 4.81. The van der Waals surface area contributed by atoms with Gasteiger partial charge in [0.05, 0.1) is 22.4 Å². The Morgan fingerprint density at radius 2 is 2.07 bits per heavy atom. The number of hydrogen-bond acceptors (Lipinski definition) is 8. The molecule has 1 aliphatic rings. The molecule has 0 aliphatic carbocycles. The van der Waals surface area contributed by atoms with Crippen LogP contribution in [-0.4, -0.2) is 45.7 Å². The van der Waals surface area contributed by atoms with Gasteiger partial charge in [0, 0.05) is 24.5 Å². The molecule has 9 heteroatoms. The van der Waals surface area contributed by atoms with Crippen LogP contribution < -0.4 is 5.32 Å². The van der Waals surface area contributed by atoms with Gasteiger partial charge in [-0.3, -0.25) is 0 Å². The lowest BCUT2D eigenvalue weighted by atomic mass is 9.94. The number of aromatic nitrogens is 2. The van der Waals surface area contributed by atoms with E-state index < -0.39 is 5.60 Å². The molecule has 3 rings (SSSR count). The fraction of sp³-hybridized carbons (Fsp3) is 0.667. The number of piperidine rings is 1. The number of carbonyl (C=O) groups is 1. The lowest BCUT2D eigenvalue weighted by molar-refractivity contribution is 0.0206. The second-order valence-electron chi connectivity index (χ2n) is 9.55. The number of nitrogens with one attached hydrogen (secondary N) is 1. The number of thiazole rings is 1. The van der Waals surface area contributed by atoms with E-state index in [1.165, 1.54) is 0 Å². The van der Waals surface area contributed by atoms with Gasteiger partial charge in [0.25, 0.3) is 0 Å². The Labute approximate surface area is 187 Å². The third-order valence-corrected chi connectivity index (χ3v) is 6.62. The predicted molar refractivity (Wildman–Crippen MR) is 121 cm³/mol. The Bertz CT molecular complexity index is 851. The highest BCUT2D eigenvalue weighted by molar-refractivity contribution is 8.00. The van der Waals surface area contributed by atoms with Crippen LogP contribution in [0.15, 0.2) is 21.0 Å². The van der Waals surface area contributed by atoms with Crippen LogP contribution in [0.1, 0.15) is 66.0 Å². The molecule has 0 radical (unpaired) electrons. The summed E-state index contributed by atoms with van der Waals surface area (Å²) in [7, 11) is 0. The Kier molecular flexibility index (Phi) is 7.02. The minimum Gasteiger partial charge on any atom is -0.444 e. The first-order valence-electron chi connectivity index (χ1n) is 10.3. The van der Waals surface area contributed by atoms with Crippen LogP contribution in [0.4, 0.5) is 9.93 Å². The van der Waals surface area contributed by atoms with Crippen molar-refractivity contribution >= 4 is 34.3 Å². The zero-order chi connectivity index (χ0) is 21.9. The molecule has 30 heavy (non-hydrogen) atoms. The van der Waals surface area contributed by atoms with Gasteiger partial charge in [-0.05, 0) is 33.6 Å². The van der Waals surface area contributed by atoms with Crippen molar-refractivity contribution in [3.05, 3.63) is 24.0 Å². The van der Waals surface area contributed by atoms with Gasteiger partial charge in [0.15, 0.2) is 5.13 Å². The zero-order valence-corrected chi connectivity index (χ0v) is 20.3. The molecule has 0 unspecified atom stereocenters. The summed E-state index contributed by atoms with van der Waals surface area (Å²) < 4.78 is 12.5. The van der Waals surface area contributed by atoms with Crippen molar-refractivity contribution in [1.82, 2.24) is 14.9 Å². The molecule has 1 aliphatic heterocycles. The Morgan fingerprint density at radius 1 is 1.30 bits per heavy atom. The van der Waals surface area contributed by atoms with Crippen molar-refractivity contribution in [2.24, 2.45) is 0 Å². The number of carbonyl (C=O) groups excluding carboxylic acids is 1. The summed E-state index contributed by atoms with van der Waals surface area (Å²) in [6.07, 6.45) is 5.40. The maximum absolute atomic E-state index is 12.3. The number of ether oxygens (including phenoxy) is 1. The fourth-order valence-electron chi connectivity index (χ4n) is 3.01. The maximum Gasteiger partial charge on any atom is 0.410 e. The van der Waals surface area contributed by atoms with Crippen LogP contribution in [0.5, 0.6) is 0 Å². The van der Waals surface area contributed by atoms with Crippen molar-refractivity contribution in [1.29, 1.82) is 0 Å². The average molecular weight is 453 g/mol. The Balaban J connectivity index is 1.50. The van der Waals surface area contributed by atoms with Gasteiger partial charge in [0.2, 0.25) is 5.89 Å². The topological polar surface area (TPSA) is 80.5 Å².